The first-order valence-electron chi connectivity index (χ1n) is 15.1. The first-order chi connectivity index (χ1) is 22.6. The van der Waals surface area contributed by atoms with Gasteiger partial charge in [0, 0.05) is 49.7 Å². The summed E-state index contributed by atoms with van der Waals surface area (Å²) in [6.07, 6.45) is -3.28. The molecule has 48 heavy (non-hydrogen) atoms. The number of hydrogen-bond donors (Lipinski definition) is 1. The van der Waals surface area contributed by atoms with Crippen molar-refractivity contribution in [2.24, 2.45) is 0 Å². The quantitative estimate of drug-likeness (QED) is 0.248. The Hall–Kier alpha value is -4.79. The van der Waals surface area contributed by atoms with E-state index < -0.39 is 34.8 Å². The number of amides is 2. The van der Waals surface area contributed by atoms with Crippen LogP contribution in [0.4, 0.5) is 29.3 Å². The van der Waals surface area contributed by atoms with Gasteiger partial charge in [0.2, 0.25) is 28.7 Å². The molecule has 12 nitrogen and oxygen atoms in total. The Morgan fingerprint density at radius 2 is 1.79 bits per heavy atom. The maximum absolute atomic E-state index is 14.1. The number of oxazole rings is 1. The number of carbonyl (C=O) groups excluding carboxylic acids is 2. The molecular formula is C32H34ClF3N6O6. The lowest BCUT2D eigenvalue weighted by Crippen LogP contribution is -2.51. The third kappa shape index (κ3) is 7.35. The molecule has 1 aliphatic heterocycles. The molecule has 1 aromatic carbocycles. The zero-order chi connectivity index (χ0) is 35.0. The van der Waals surface area contributed by atoms with Crippen molar-refractivity contribution < 1.29 is 36.7 Å². The van der Waals surface area contributed by atoms with E-state index in [-0.39, 0.29) is 59.0 Å². The lowest BCUT2D eigenvalue weighted by Gasteiger charge is -2.37. The fraction of sp³-hybridized carbons (Fsp3) is 0.406. The fourth-order valence-electron chi connectivity index (χ4n) is 5.33. The molecule has 0 saturated carbocycles. The van der Waals surface area contributed by atoms with E-state index in [1.165, 1.54) is 13.3 Å². The number of piperazine rings is 1. The van der Waals surface area contributed by atoms with Crippen molar-refractivity contribution in [3.8, 4) is 17.3 Å². The molecule has 0 unspecified atom stereocenters. The molecule has 0 spiro atoms. The average molecular weight is 691 g/mol. The minimum atomic E-state index is -4.61. The monoisotopic (exact) mass is 690 g/mol. The molecule has 1 aliphatic rings. The molecular weight excluding hydrogens is 657 g/mol. The van der Waals surface area contributed by atoms with E-state index in [4.69, 9.17) is 25.5 Å². The standard InChI is InChI=1S/C32H34ClF3N6O6/c1-6-22-25(40-11-13-41(14-12-40)30(45)48-31(2,3)4)26(44)27-28(39-29(47-27)18-9-10-37-24(15-18)46-5)42(22)17-23(43)38-21-8-7-19(16-20(21)33)32(34,35)36/h7-10,15-16H,6,11-14,17H2,1-5H3,(H,38,43). The predicted octanol–water partition coefficient (Wildman–Crippen LogP) is 5.99. The molecule has 1 fully saturated rings. The fourth-order valence-corrected chi connectivity index (χ4v) is 5.56. The van der Waals surface area contributed by atoms with Crippen LogP contribution in [0.3, 0.4) is 0 Å². The van der Waals surface area contributed by atoms with Crippen LogP contribution < -0.4 is 20.4 Å². The molecule has 2 amide bonds. The summed E-state index contributed by atoms with van der Waals surface area (Å²) in [6.45, 7) is 7.92. The Balaban J connectivity index is 1.55. The SMILES string of the molecule is CCc1c(N2CCN(C(=O)OC(C)(C)C)CC2)c(=O)c2oc(-c3ccnc(OC)c3)nc2n1CC(=O)Nc1ccc(C(F)(F)F)cc1Cl. The second-order valence-corrected chi connectivity index (χ2v) is 12.4. The summed E-state index contributed by atoms with van der Waals surface area (Å²) in [7, 11) is 1.45. The largest absolute Gasteiger partial charge is 0.481 e. The molecule has 0 radical (unpaired) electrons. The number of methoxy groups -OCH3 is 1. The van der Waals surface area contributed by atoms with E-state index in [0.29, 0.717) is 30.8 Å². The van der Waals surface area contributed by atoms with Gasteiger partial charge >= 0.3 is 12.3 Å². The lowest BCUT2D eigenvalue weighted by atomic mass is 10.1. The molecule has 0 aliphatic carbocycles. The van der Waals surface area contributed by atoms with Crippen LogP contribution in [0.2, 0.25) is 5.02 Å². The molecule has 5 rings (SSSR count). The molecule has 4 aromatic rings. The zero-order valence-electron chi connectivity index (χ0n) is 26.9. The highest BCUT2D eigenvalue weighted by Gasteiger charge is 2.32. The van der Waals surface area contributed by atoms with Crippen LogP contribution in [-0.2, 0) is 28.7 Å². The number of anilines is 2. The van der Waals surface area contributed by atoms with Crippen LogP contribution in [0.25, 0.3) is 22.7 Å². The van der Waals surface area contributed by atoms with Crippen LogP contribution in [-0.4, -0.2) is 70.3 Å². The number of halogens is 4. The smallest absolute Gasteiger partial charge is 0.416 e. The van der Waals surface area contributed by atoms with Crippen molar-refractivity contribution in [3.63, 3.8) is 0 Å². The van der Waals surface area contributed by atoms with Gasteiger partial charge in [0.25, 0.3) is 0 Å². The van der Waals surface area contributed by atoms with Crippen LogP contribution in [0, 0.1) is 0 Å². The summed E-state index contributed by atoms with van der Waals surface area (Å²) in [5, 5.41) is 2.27. The van der Waals surface area contributed by atoms with Crippen LogP contribution >= 0.6 is 11.6 Å². The summed E-state index contributed by atoms with van der Waals surface area (Å²) in [6, 6.07) is 5.83. The molecule has 0 atom stereocenters. The van der Waals surface area contributed by atoms with Crippen molar-refractivity contribution in [2.75, 3.05) is 43.5 Å². The van der Waals surface area contributed by atoms with Gasteiger partial charge in [0.15, 0.2) is 5.65 Å². The van der Waals surface area contributed by atoms with Gasteiger partial charge < -0.3 is 33.6 Å². The molecule has 3 aromatic heterocycles. The van der Waals surface area contributed by atoms with E-state index in [1.807, 2.05) is 11.8 Å². The van der Waals surface area contributed by atoms with Crippen LogP contribution in [0.1, 0.15) is 39.0 Å². The maximum Gasteiger partial charge on any atom is 0.416 e. The molecule has 4 heterocycles. The van der Waals surface area contributed by atoms with Crippen LogP contribution in [0.5, 0.6) is 5.88 Å². The first-order valence-corrected chi connectivity index (χ1v) is 15.4. The number of hydrogen-bond acceptors (Lipinski definition) is 9. The Labute approximate surface area is 278 Å². The van der Waals surface area contributed by atoms with Crippen molar-refractivity contribution >= 4 is 46.2 Å². The Kier molecular flexibility index (Phi) is 9.62. The Bertz CT molecular complexity index is 1910. The number of fused-ring (bicyclic) bond motifs is 1. The van der Waals surface area contributed by atoms with Crippen molar-refractivity contribution in [1.29, 1.82) is 0 Å². The highest BCUT2D eigenvalue weighted by Crippen LogP contribution is 2.34. The molecule has 256 valence electrons. The number of nitrogens with one attached hydrogen (secondary N) is 1. The van der Waals surface area contributed by atoms with Crippen molar-refractivity contribution in [3.05, 3.63) is 63.0 Å². The number of rotatable bonds is 7. The van der Waals surface area contributed by atoms with Gasteiger partial charge in [-0.2, -0.15) is 18.2 Å². The Morgan fingerprint density at radius 3 is 2.40 bits per heavy atom. The number of aromatic nitrogens is 3. The lowest BCUT2D eigenvalue weighted by molar-refractivity contribution is -0.137. The number of alkyl halides is 3. The van der Waals surface area contributed by atoms with Crippen LogP contribution in [0.15, 0.2) is 45.7 Å². The van der Waals surface area contributed by atoms with Gasteiger partial charge in [-0.15, -0.1) is 0 Å². The number of ether oxygens (including phenoxy) is 2. The molecule has 1 N–H and O–H groups in total. The summed E-state index contributed by atoms with van der Waals surface area (Å²) >= 11 is 6.10. The summed E-state index contributed by atoms with van der Waals surface area (Å²) in [5.74, 6) is -0.264. The van der Waals surface area contributed by atoms with Gasteiger partial charge in [0.05, 0.1) is 23.4 Å². The highest BCUT2D eigenvalue weighted by atomic mass is 35.5. The Morgan fingerprint density at radius 1 is 1.08 bits per heavy atom. The van der Waals surface area contributed by atoms with E-state index in [1.54, 1.807) is 42.4 Å². The van der Waals surface area contributed by atoms with Gasteiger partial charge in [-0.1, -0.05) is 18.5 Å². The first kappa shape index (κ1) is 34.5. The van der Waals surface area contributed by atoms with Gasteiger partial charge in [-0.25, -0.2) is 9.78 Å². The minimum Gasteiger partial charge on any atom is -0.481 e. The second kappa shape index (κ2) is 13.4. The summed E-state index contributed by atoms with van der Waals surface area (Å²) in [4.78, 5) is 52.3. The topological polar surface area (TPSA) is 132 Å². The van der Waals surface area contributed by atoms with Crippen molar-refractivity contribution in [1.82, 2.24) is 19.4 Å². The number of nitrogens with zero attached hydrogens (tertiary/aromatic N) is 5. The van der Waals surface area contributed by atoms with Gasteiger partial charge in [0.1, 0.15) is 17.8 Å². The molecule has 16 heteroatoms. The molecule has 0 bridgehead atoms. The minimum absolute atomic E-state index is 0.0202. The number of pyridine rings is 2. The number of benzene rings is 1. The maximum atomic E-state index is 14.1. The van der Waals surface area contributed by atoms with E-state index >= 15 is 0 Å². The zero-order valence-corrected chi connectivity index (χ0v) is 27.7. The van der Waals surface area contributed by atoms with Gasteiger partial charge in [-0.05, 0) is 51.5 Å². The highest BCUT2D eigenvalue weighted by molar-refractivity contribution is 6.33. The second-order valence-electron chi connectivity index (χ2n) is 12.0. The third-order valence-corrected chi connectivity index (χ3v) is 7.84. The third-order valence-electron chi connectivity index (χ3n) is 7.53. The van der Waals surface area contributed by atoms with Crippen molar-refractivity contribution in [2.45, 2.75) is 52.4 Å². The van der Waals surface area contributed by atoms with E-state index in [0.717, 1.165) is 18.2 Å². The van der Waals surface area contributed by atoms with Gasteiger partial charge in [-0.3, -0.25) is 9.59 Å². The number of carbonyl (C=O) groups is 2. The normalized spacial score (nSPS) is 13.9. The molecule has 1 saturated heterocycles. The summed E-state index contributed by atoms with van der Waals surface area (Å²) in [5.41, 5.74) is -0.895. The predicted molar refractivity (Wildman–Crippen MR) is 173 cm³/mol. The summed E-state index contributed by atoms with van der Waals surface area (Å²) < 4.78 is 57.8. The van der Waals surface area contributed by atoms with E-state index in [2.05, 4.69) is 15.3 Å². The van der Waals surface area contributed by atoms with E-state index in [9.17, 15) is 27.6 Å². The average Bonchev–Trinajstić information content (AvgIpc) is 3.48.